The molecule has 0 radical (unpaired) electrons. The van der Waals surface area contributed by atoms with Crippen molar-refractivity contribution in [3.05, 3.63) is 72.8 Å². The second-order valence-electron chi connectivity index (χ2n) is 5.48. The highest BCUT2D eigenvalue weighted by Crippen LogP contribution is 2.24. The number of pyridine rings is 2. The highest BCUT2D eigenvalue weighted by Gasteiger charge is 2.15. The highest BCUT2D eigenvalue weighted by atomic mass is 16.5. The molecule has 4 heterocycles. The van der Waals surface area contributed by atoms with E-state index in [1.165, 1.54) is 0 Å². The Morgan fingerprint density at radius 1 is 1.08 bits per heavy atom. The lowest BCUT2D eigenvalue weighted by Crippen LogP contribution is -2.14. The second-order valence-corrected chi connectivity index (χ2v) is 5.48. The lowest BCUT2D eigenvalue weighted by Gasteiger charge is -2.10. The molecule has 0 spiro atoms. The molecule has 8 nitrogen and oxygen atoms in total. The van der Waals surface area contributed by atoms with E-state index in [0.717, 1.165) is 0 Å². The van der Waals surface area contributed by atoms with Crippen molar-refractivity contribution >= 4 is 17.4 Å². The first kappa shape index (κ1) is 15.7. The average Bonchev–Trinajstić information content (AvgIpc) is 3.12. The van der Waals surface area contributed by atoms with Crippen LogP contribution in [0.15, 0.2) is 61.4 Å². The molecule has 4 aromatic rings. The molecule has 0 saturated carbocycles. The molecule has 26 heavy (non-hydrogen) atoms. The predicted molar refractivity (Wildman–Crippen MR) is 94.2 cm³/mol. The number of hydrogen-bond acceptors (Lipinski definition) is 6. The van der Waals surface area contributed by atoms with E-state index >= 15 is 0 Å². The summed E-state index contributed by atoms with van der Waals surface area (Å²) in [5, 5.41) is 2.76. The summed E-state index contributed by atoms with van der Waals surface area (Å²) in [7, 11) is 0. The number of rotatable bonds is 4. The van der Waals surface area contributed by atoms with Gasteiger partial charge >= 0.3 is 0 Å². The largest absolute Gasteiger partial charge is 0.453 e. The van der Waals surface area contributed by atoms with Gasteiger partial charge in [-0.25, -0.2) is 19.9 Å². The molecule has 8 heteroatoms. The van der Waals surface area contributed by atoms with Crippen LogP contribution in [0.5, 0.6) is 11.5 Å². The van der Waals surface area contributed by atoms with E-state index in [1.54, 1.807) is 72.8 Å². The fourth-order valence-electron chi connectivity index (χ4n) is 2.42. The number of imidazole rings is 1. The fourth-order valence-corrected chi connectivity index (χ4v) is 2.42. The van der Waals surface area contributed by atoms with Crippen LogP contribution < -0.4 is 10.1 Å². The molecule has 1 amide bonds. The molecule has 128 valence electrons. The van der Waals surface area contributed by atoms with Crippen LogP contribution in [0.4, 0.5) is 5.82 Å². The predicted octanol–water partition coefficient (Wildman–Crippen LogP) is 2.87. The van der Waals surface area contributed by atoms with E-state index in [-0.39, 0.29) is 5.91 Å². The molecular formula is C18H14N6O2. The Kier molecular flexibility index (Phi) is 3.98. The van der Waals surface area contributed by atoms with Crippen LogP contribution in [0.25, 0.3) is 5.65 Å². The van der Waals surface area contributed by atoms with Crippen LogP contribution in [0.2, 0.25) is 0 Å². The summed E-state index contributed by atoms with van der Waals surface area (Å²) in [6, 6.07) is 6.91. The zero-order valence-electron chi connectivity index (χ0n) is 13.8. The smallest absolute Gasteiger partial charge is 0.260 e. The fraction of sp³-hybridized carbons (Fsp3) is 0.0556. The molecule has 0 aliphatic heterocycles. The topological polar surface area (TPSA) is 94.3 Å². The number of carbonyl (C=O) groups is 1. The Morgan fingerprint density at radius 2 is 1.92 bits per heavy atom. The minimum absolute atomic E-state index is 0.328. The number of nitrogens with one attached hydrogen (secondary N) is 1. The molecule has 0 unspecified atom stereocenters. The van der Waals surface area contributed by atoms with Gasteiger partial charge in [0, 0.05) is 18.6 Å². The molecule has 4 rings (SSSR count). The molecule has 0 atom stereocenters. The summed E-state index contributed by atoms with van der Waals surface area (Å²) in [5.74, 6) is 1.73. The molecule has 0 saturated heterocycles. The third-order valence-corrected chi connectivity index (χ3v) is 3.61. The minimum atomic E-state index is -0.328. The van der Waals surface area contributed by atoms with Crippen molar-refractivity contribution in [1.29, 1.82) is 0 Å². The van der Waals surface area contributed by atoms with Gasteiger partial charge in [0.15, 0.2) is 5.75 Å². The maximum Gasteiger partial charge on any atom is 0.260 e. The maximum absolute atomic E-state index is 12.7. The summed E-state index contributed by atoms with van der Waals surface area (Å²) in [6.07, 6.45) is 9.86. The quantitative estimate of drug-likeness (QED) is 0.610. The van der Waals surface area contributed by atoms with Gasteiger partial charge in [0.25, 0.3) is 5.91 Å². The van der Waals surface area contributed by atoms with Gasteiger partial charge in [0.1, 0.15) is 23.0 Å². The Labute approximate surface area is 148 Å². The Hall–Kier alpha value is -3.81. The summed E-state index contributed by atoms with van der Waals surface area (Å²) < 4.78 is 7.50. The van der Waals surface area contributed by atoms with Crippen LogP contribution in [0.1, 0.15) is 16.2 Å². The van der Waals surface area contributed by atoms with E-state index < -0.39 is 0 Å². The van der Waals surface area contributed by atoms with Gasteiger partial charge in [-0.05, 0) is 25.1 Å². The standard InChI is InChI=1S/C18H14N6O2/c1-12-21-9-14(10-22-12)26-13-8-15(17-20-6-7-24(17)11-13)18(25)23-16-4-2-3-5-19-16/h2-11H,1H3,(H,19,23,25). The van der Waals surface area contributed by atoms with Crippen LogP contribution in [-0.2, 0) is 0 Å². The van der Waals surface area contributed by atoms with E-state index in [4.69, 9.17) is 4.74 Å². The molecule has 4 aromatic heterocycles. The maximum atomic E-state index is 12.7. The number of nitrogens with zero attached hydrogens (tertiary/aromatic N) is 5. The van der Waals surface area contributed by atoms with Gasteiger partial charge < -0.3 is 14.5 Å². The molecule has 0 aliphatic rings. The van der Waals surface area contributed by atoms with Crippen LogP contribution in [0.3, 0.4) is 0 Å². The minimum Gasteiger partial charge on any atom is -0.453 e. The molecule has 0 aromatic carbocycles. The number of hydrogen-bond donors (Lipinski definition) is 1. The number of aryl methyl sites for hydroxylation is 1. The van der Waals surface area contributed by atoms with Crippen molar-refractivity contribution in [2.45, 2.75) is 6.92 Å². The van der Waals surface area contributed by atoms with Crippen LogP contribution in [-0.4, -0.2) is 30.2 Å². The van der Waals surface area contributed by atoms with Crippen molar-refractivity contribution in [2.24, 2.45) is 0 Å². The van der Waals surface area contributed by atoms with Gasteiger partial charge in [-0.2, -0.15) is 0 Å². The van der Waals surface area contributed by atoms with Crippen molar-refractivity contribution < 1.29 is 9.53 Å². The van der Waals surface area contributed by atoms with E-state index in [9.17, 15) is 4.79 Å². The average molecular weight is 346 g/mol. The summed E-state index contributed by atoms with van der Waals surface area (Å²) in [6.45, 7) is 1.79. The summed E-state index contributed by atoms with van der Waals surface area (Å²) in [4.78, 5) is 29.2. The van der Waals surface area contributed by atoms with Gasteiger partial charge in [0.2, 0.25) is 0 Å². The third-order valence-electron chi connectivity index (χ3n) is 3.61. The number of anilines is 1. The SMILES string of the molecule is Cc1ncc(Oc2cc(C(=O)Nc3ccccn3)c3nccn3c2)cn1. The summed E-state index contributed by atoms with van der Waals surface area (Å²) in [5.41, 5.74) is 0.886. The first-order valence-electron chi connectivity index (χ1n) is 7.84. The highest BCUT2D eigenvalue weighted by molar-refractivity contribution is 6.08. The lowest BCUT2D eigenvalue weighted by atomic mass is 10.2. The second kappa shape index (κ2) is 6.60. The van der Waals surface area contributed by atoms with E-state index in [0.29, 0.717) is 34.4 Å². The number of ether oxygens (including phenoxy) is 1. The van der Waals surface area contributed by atoms with E-state index in [1.807, 2.05) is 0 Å². The van der Waals surface area contributed by atoms with Gasteiger partial charge in [0.05, 0.1) is 24.2 Å². The zero-order chi connectivity index (χ0) is 17.9. The lowest BCUT2D eigenvalue weighted by molar-refractivity contribution is 0.102. The monoisotopic (exact) mass is 346 g/mol. The normalized spacial score (nSPS) is 10.7. The Morgan fingerprint density at radius 3 is 2.69 bits per heavy atom. The molecule has 0 bridgehead atoms. The molecular weight excluding hydrogens is 332 g/mol. The van der Waals surface area contributed by atoms with Crippen molar-refractivity contribution in [3.8, 4) is 11.5 Å². The first-order valence-corrected chi connectivity index (χ1v) is 7.84. The Balaban J connectivity index is 1.68. The van der Waals surface area contributed by atoms with Gasteiger partial charge in [-0.3, -0.25) is 4.79 Å². The van der Waals surface area contributed by atoms with Crippen molar-refractivity contribution in [3.63, 3.8) is 0 Å². The number of amides is 1. The summed E-state index contributed by atoms with van der Waals surface area (Å²) >= 11 is 0. The van der Waals surface area contributed by atoms with Crippen molar-refractivity contribution in [2.75, 3.05) is 5.32 Å². The molecule has 0 fully saturated rings. The zero-order valence-corrected chi connectivity index (χ0v) is 13.8. The van der Waals surface area contributed by atoms with Gasteiger partial charge in [-0.1, -0.05) is 6.07 Å². The molecule has 0 aliphatic carbocycles. The first-order chi connectivity index (χ1) is 12.7. The Bertz CT molecular complexity index is 1060. The van der Waals surface area contributed by atoms with E-state index in [2.05, 4.69) is 25.3 Å². The van der Waals surface area contributed by atoms with Crippen molar-refractivity contribution in [1.82, 2.24) is 24.3 Å². The number of carbonyl (C=O) groups excluding carboxylic acids is 1. The van der Waals surface area contributed by atoms with Gasteiger partial charge in [-0.15, -0.1) is 0 Å². The number of aromatic nitrogens is 5. The molecule has 1 N–H and O–H groups in total. The van der Waals surface area contributed by atoms with Crippen LogP contribution in [0, 0.1) is 6.92 Å². The number of fused-ring (bicyclic) bond motifs is 1. The third kappa shape index (κ3) is 3.20. The van der Waals surface area contributed by atoms with Crippen LogP contribution >= 0.6 is 0 Å².